The van der Waals surface area contributed by atoms with E-state index in [1.54, 1.807) is 12.4 Å². The molecule has 3 aliphatic rings. The second-order valence-corrected chi connectivity index (χ2v) is 3.09. The first-order valence-electron chi connectivity index (χ1n) is 4.12. The lowest BCUT2D eigenvalue weighted by Crippen LogP contribution is -2.14. The molecule has 0 aromatic heterocycles. The molecule has 0 saturated carbocycles. The largest absolute Gasteiger partial charge is 0.361 e. The molecule has 6 heteroatoms. The van der Waals surface area contributed by atoms with Crippen molar-refractivity contribution in [1.29, 1.82) is 0 Å². The number of anilines is 1. The van der Waals surface area contributed by atoms with Crippen LogP contribution < -0.4 is 10.9 Å². The molecule has 14 heavy (non-hydrogen) atoms. The number of fused-ring (bicyclic) bond motifs is 2. The Labute approximate surface area is 78.1 Å². The Morgan fingerprint density at radius 1 is 1.29 bits per heavy atom. The maximum atomic E-state index is 11.3. The lowest BCUT2D eigenvalue weighted by Gasteiger charge is -2.05. The highest BCUT2D eigenvalue weighted by Gasteiger charge is 2.20. The van der Waals surface area contributed by atoms with Crippen LogP contribution in [0.5, 0.6) is 0 Å². The zero-order chi connectivity index (χ0) is 9.71. The van der Waals surface area contributed by atoms with Gasteiger partial charge in [0.05, 0.1) is 25.1 Å². The van der Waals surface area contributed by atoms with Gasteiger partial charge in [-0.3, -0.25) is 18.7 Å². The van der Waals surface area contributed by atoms with Gasteiger partial charge < -0.3 is 5.32 Å². The second-order valence-electron chi connectivity index (χ2n) is 3.09. The molecule has 3 heterocycles. The summed E-state index contributed by atoms with van der Waals surface area (Å²) in [6.07, 6.45) is 4.37. The molecule has 1 N–H and O–H groups in total. The molecule has 0 radical (unpaired) electrons. The lowest BCUT2D eigenvalue weighted by atomic mass is 10.5. The van der Waals surface area contributed by atoms with Gasteiger partial charge in [0.1, 0.15) is 5.82 Å². The molecule has 3 aliphatic heterocycles. The molecule has 6 nitrogen and oxygen atoms in total. The summed E-state index contributed by atoms with van der Waals surface area (Å²) in [6, 6.07) is 0. The van der Waals surface area contributed by atoms with Crippen LogP contribution in [0.3, 0.4) is 0 Å². The summed E-state index contributed by atoms with van der Waals surface area (Å²) in [5.41, 5.74) is -0.190. The topological polar surface area (TPSA) is 68.9 Å². The molecule has 0 atom stereocenters. The van der Waals surface area contributed by atoms with Crippen LogP contribution in [0.4, 0.5) is 5.82 Å². The van der Waals surface area contributed by atoms with E-state index in [2.05, 4.69) is 10.3 Å². The maximum Gasteiger partial charge on any atom is 0.274 e. The molecule has 0 saturated heterocycles. The van der Waals surface area contributed by atoms with Gasteiger partial charge in [-0.15, -0.1) is 0 Å². The van der Waals surface area contributed by atoms with Gasteiger partial charge in [0.2, 0.25) is 0 Å². The molecular weight excluding hydrogens is 184 g/mol. The predicted molar refractivity (Wildman–Crippen MR) is 48.1 cm³/mol. The van der Waals surface area contributed by atoms with Crippen molar-refractivity contribution >= 4 is 11.7 Å². The highest BCUT2D eigenvalue weighted by molar-refractivity contribution is 5.90. The molecule has 3 rings (SSSR count). The molecule has 0 fully saturated rings. The minimum Gasteiger partial charge on any atom is -0.361 e. The molecule has 0 bridgehead atoms. The Hall–Kier alpha value is -2.11. The number of nitrogens with one attached hydrogen (secondary N) is 1. The van der Waals surface area contributed by atoms with Crippen molar-refractivity contribution in [2.24, 2.45) is 0 Å². The van der Waals surface area contributed by atoms with E-state index < -0.39 is 0 Å². The van der Waals surface area contributed by atoms with Crippen molar-refractivity contribution < 1.29 is 4.79 Å². The van der Waals surface area contributed by atoms with Crippen LogP contribution in [-0.2, 0) is 0 Å². The van der Waals surface area contributed by atoms with E-state index >= 15 is 0 Å². The average molecular weight is 190 g/mol. The number of rotatable bonds is 0. The van der Waals surface area contributed by atoms with Crippen molar-refractivity contribution in [2.45, 2.75) is 0 Å². The number of hydrogen-bond acceptors (Lipinski definition) is 4. The smallest absolute Gasteiger partial charge is 0.274 e. The fourth-order valence-corrected chi connectivity index (χ4v) is 1.54. The van der Waals surface area contributed by atoms with Crippen LogP contribution in [0.25, 0.3) is 5.82 Å². The Bertz CT molecular complexity index is 553. The highest BCUT2D eigenvalue weighted by atomic mass is 16.2. The van der Waals surface area contributed by atoms with E-state index in [-0.39, 0.29) is 18.0 Å². The predicted octanol–water partition coefficient (Wildman–Crippen LogP) is -0.463. The third kappa shape index (κ3) is 0.769. The maximum absolute atomic E-state index is 11.3. The fraction of sp³-hybridized carbons (Fsp3) is 0.125. The van der Waals surface area contributed by atoms with E-state index in [9.17, 15) is 9.59 Å². The lowest BCUT2D eigenvalue weighted by molar-refractivity contribution is 0.0943. The quantitative estimate of drug-likeness (QED) is 0.610. The normalized spacial score (nSPS) is 14.4. The SMILES string of the molecule is O=C1CNc2cn3c(=O)cnc-3cn21. The Kier molecular flexibility index (Phi) is 1.16. The van der Waals surface area contributed by atoms with Gasteiger partial charge in [-0.1, -0.05) is 0 Å². The van der Waals surface area contributed by atoms with Crippen molar-refractivity contribution in [2.75, 3.05) is 11.9 Å². The van der Waals surface area contributed by atoms with Gasteiger partial charge in [-0.25, -0.2) is 4.98 Å². The van der Waals surface area contributed by atoms with E-state index in [0.29, 0.717) is 11.6 Å². The third-order valence-corrected chi connectivity index (χ3v) is 2.24. The van der Waals surface area contributed by atoms with Gasteiger partial charge in [0.25, 0.3) is 11.5 Å². The summed E-state index contributed by atoms with van der Waals surface area (Å²) in [7, 11) is 0. The van der Waals surface area contributed by atoms with E-state index in [1.165, 1.54) is 15.3 Å². The van der Waals surface area contributed by atoms with Crippen molar-refractivity contribution in [3.8, 4) is 5.82 Å². The number of nitrogens with zero attached hydrogens (tertiary/aromatic N) is 3. The van der Waals surface area contributed by atoms with Crippen LogP contribution in [0.1, 0.15) is 4.79 Å². The van der Waals surface area contributed by atoms with E-state index in [1.807, 2.05) is 0 Å². The molecule has 0 aromatic carbocycles. The highest BCUT2D eigenvalue weighted by Crippen LogP contribution is 2.16. The standard InChI is InChI=1S/C8H6N4O2/c13-7-1-9-5-3-12-6(4-11(5)7)10-2-8(12)14/h1,3-4,10H,2H2. The van der Waals surface area contributed by atoms with Gasteiger partial charge in [-0.2, -0.15) is 0 Å². The minimum atomic E-state index is -0.190. The summed E-state index contributed by atoms with van der Waals surface area (Å²) in [6.45, 7) is 0.265. The van der Waals surface area contributed by atoms with Gasteiger partial charge in [0, 0.05) is 0 Å². The van der Waals surface area contributed by atoms with Crippen molar-refractivity contribution in [3.05, 3.63) is 28.9 Å². The van der Waals surface area contributed by atoms with E-state index in [0.717, 1.165) is 0 Å². The van der Waals surface area contributed by atoms with Gasteiger partial charge >= 0.3 is 0 Å². The van der Waals surface area contributed by atoms with Gasteiger partial charge in [-0.05, 0) is 0 Å². The monoisotopic (exact) mass is 190 g/mol. The first-order chi connectivity index (χ1) is 6.75. The zero-order valence-corrected chi connectivity index (χ0v) is 7.10. The van der Waals surface area contributed by atoms with Gasteiger partial charge in [0.15, 0.2) is 5.82 Å². The molecule has 0 aliphatic carbocycles. The van der Waals surface area contributed by atoms with Crippen LogP contribution in [-0.4, -0.2) is 26.6 Å². The Morgan fingerprint density at radius 3 is 3.00 bits per heavy atom. The molecular formula is C8H6N4O2. The fourth-order valence-electron chi connectivity index (χ4n) is 1.54. The number of hydrogen-bond donors (Lipinski definition) is 1. The second kappa shape index (κ2) is 2.22. The summed E-state index contributed by atoms with van der Waals surface area (Å²) < 4.78 is 2.86. The number of imidazole rings is 1. The molecule has 0 amide bonds. The molecule has 0 spiro atoms. The summed E-state index contributed by atoms with van der Waals surface area (Å²) in [4.78, 5) is 26.4. The average Bonchev–Trinajstić information content (AvgIpc) is 2.71. The minimum absolute atomic E-state index is 0.0436. The van der Waals surface area contributed by atoms with Crippen LogP contribution in [0, 0.1) is 0 Å². The van der Waals surface area contributed by atoms with Crippen LogP contribution >= 0.6 is 0 Å². The third-order valence-electron chi connectivity index (χ3n) is 2.24. The van der Waals surface area contributed by atoms with Crippen molar-refractivity contribution in [1.82, 2.24) is 14.1 Å². The number of carbonyl (C=O) groups excluding carboxylic acids is 1. The number of aromatic nitrogens is 3. The Balaban J connectivity index is 2.40. The van der Waals surface area contributed by atoms with Crippen LogP contribution in [0.2, 0.25) is 0 Å². The first-order valence-corrected chi connectivity index (χ1v) is 4.12. The molecule has 0 aromatic rings. The summed E-state index contributed by atoms with van der Waals surface area (Å²) in [5.74, 6) is 1.06. The number of carbonyl (C=O) groups is 1. The van der Waals surface area contributed by atoms with Crippen molar-refractivity contribution in [3.63, 3.8) is 0 Å². The van der Waals surface area contributed by atoms with E-state index in [4.69, 9.17) is 0 Å². The first kappa shape index (κ1) is 7.31. The molecule has 0 unspecified atom stereocenters. The summed E-state index contributed by atoms with van der Waals surface area (Å²) in [5, 5.41) is 2.88. The molecule has 70 valence electrons. The van der Waals surface area contributed by atoms with Crippen LogP contribution in [0.15, 0.2) is 23.4 Å². The zero-order valence-electron chi connectivity index (χ0n) is 7.10. The summed E-state index contributed by atoms with van der Waals surface area (Å²) >= 11 is 0. The Morgan fingerprint density at radius 2 is 2.14 bits per heavy atom.